The second-order valence-electron chi connectivity index (χ2n) is 8.12. The highest BCUT2D eigenvalue weighted by Gasteiger charge is 2.50. The zero-order valence-electron chi connectivity index (χ0n) is 12.4. The molecule has 2 heteroatoms. The average molecular weight is 273 g/mol. The van der Waals surface area contributed by atoms with Crippen molar-refractivity contribution in [2.45, 2.75) is 57.8 Å². The highest BCUT2D eigenvalue weighted by Crippen LogP contribution is 2.59. The van der Waals surface area contributed by atoms with Crippen LogP contribution in [-0.2, 0) is 4.79 Å². The molecule has 0 unspecified atom stereocenters. The molecule has 1 N–H and O–H groups in total. The highest BCUT2D eigenvalue weighted by atomic mass is 16.1. The third-order valence-electron chi connectivity index (χ3n) is 6.44. The minimum Gasteiger partial charge on any atom is -0.355 e. The maximum Gasteiger partial charge on any atom is 0.223 e. The van der Waals surface area contributed by atoms with Gasteiger partial charge in [-0.15, -0.1) is 0 Å². The van der Waals surface area contributed by atoms with Gasteiger partial charge in [-0.1, -0.05) is 12.2 Å². The van der Waals surface area contributed by atoms with Gasteiger partial charge in [-0.25, -0.2) is 0 Å². The first-order valence-electron chi connectivity index (χ1n) is 8.65. The number of hydrogen-bond acceptors (Lipinski definition) is 1. The molecule has 0 heterocycles. The SMILES string of the molecule is O=C(NCC12CC3CC(CC(C3)C1)C2)[C@@H]1CC=CCC1. The third kappa shape index (κ3) is 2.31. The molecule has 5 rings (SSSR count). The zero-order valence-corrected chi connectivity index (χ0v) is 12.4. The lowest BCUT2D eigenvalue weighted by Crippen LogP contribution is -2.51. The van der Waals surface area contributed by atoms with Gasteiger partial charge in [-0.2, -0.15) is 0 Å². The summed E-state index contributed by atoms with van der Waals surface area (Å²) < 4.78 is 0. The van der Waals surface area contributed by atoms with Crippen LogP contribution >= 0.6 is 0 Å². The molecule has 4 bridgehead atoms. The molecule has 5 aliphatic rings. The normalized spacial score (nSPS) is 45.6. The number of allylic oxidation sites excluding steroid dienone is 2. The lowest BCUT2D eigenvalue weighted by molar-refractivity contribution is -0.127. The molecule has 20 heavy (non-hydrogen) atoms. The van der Waals surface area contributed by atoms with E-state index in [9.17, 15) is 4.79 Å². The van der Waals surface area contributed by atoms with Gasteiger partial charge in [-0.05, 0) is 81.0 Å². The molecular weight excluding hydrogens is 246 g/mol. The number of hydrogen-bond donors (Lipinski definition) is 1. The Morgan fingerprint density at radius 3 is 2.25 bits per heavy atom. The molecule has 4 fully saturated rings. The van der Waals surface area contributed by atoms with Crippen LogP contribution in [0.4, 0.5) is 0 Å². The van der Waals surface area contributed by atoms with Gasteiger partial charge in [0.05, 0.1) is 0 Å². The van der Waals surface area contributed by atoms with Crippen molar-refractivity contribution < 1.29 is 4.79 Å². The molecule has 4 saturated carbocycles. The topological polar surface area (TPSA) is 29.1 Å². The second-order valence-corrected chi connectivity index (χ2v) is 8.12. The summed E-state index contributed by atoms with van der Waals surface area (Å²) in [6.45, 7) is 0.968. The molecule has 1 atom stereocenters. The molecule has 2 nitrogen and oxygen atoms in total. The molecule has 110 valence electrons. The standard InChI is InChI=1S/C18H27NO/c20-17(16-4-2-1-3-5-16)19-12-18-9-13-6-14(10-18)8-15(7-13)11-18/h1-2,13-16H,3-12H2,(H,19,20)/t13?,14?,15?,16-,18?/m1/s1. The molecule has 0 radical (unpaired) electrons. The van der Waals surface area contributed by atoms with Gasteiger partial charge in [0, 0.05) is 12.5 Å². The number of rotatable bonds is 3. The summed E-state index contributed by atoms with van der Waals surface area (Å²) in [6.07, 6.45) is 16.1. The predicted molar refractivity (Wildman–Crippen MR) is 80.1 cm³/mol. The fourth-order valence-electron chi connectivity index (χ4n) is 5.96. The van der Waals surface area contributed by atoms with Crippen molar-refractivity contribution in [2.24, 2.45) is 29.1 Å². The Balaban J connectivity index is 1.37. The first-order valence-corrected chi connectivity index (χ1v) is 8.65. The molecule has 0 aliphatic heterocycles. The van der Waals surface area contributed by atoms with Crippen molar-refractivity contribution in [3.8, 4) is 0 Å². The van der Waals surface area contributed by atoms with Crippen LogP contribution in [0.25, 0.3) is 0 Å². The van der Waals surface area contributed by atoms with Gasteiger partial charge < -0.3 is 5.32 Å². The van der Waals surface area contributed by atoms with Gasteiger partial charge >= 0.3 is 0 Å². The average Bonchev–Trinajstić information content (AvgIpc) is 2.44. The fraction of sp³-hybridized carbons (Fsp3) is 0.833. The molecule has 5 aliphatic carbocycles. The quantitative estimate of drug-likeness (QED) is 0.781. The number of amides is 1. The summed E-state index contributed by atoms with van der Waals surface area (Å²) in [5.41, 5.74) is 0.481. The van der Waals surface area contributed by atoms with Gasteiger partial charge in [0.2, 0.25) is 5.91 Å². The maximum atomic E-state index is 12.3. The minimum absolute atomic E-state index is 0.244. The lowest BCUT2D eigenvalue weighted by Gasteiger charge is -2.57. The molecule has 0 saturated heterocycles. The van der Waals surface area contributed by atoms with Crippen LogP contribution in [0.15, 0.2) is 12.2 Å². The van der Waals surface area contributed by atoms with Crippen LogP contribution < -0.4 is 5.32 Å². The summed E-state index contributed by atoms with van der Waals surface area (Å²) in [4.78, 5) is 12.3. The first-order chi connectivity index (χ1) is 9.72. The summed E-state index contributed by atoms with van der Waals surface area (Å²) in [5, 5.41) is 3.34. The fourth-order valence-corrected chi connectivity index (χ4v) is 5.96. The van der Waals surface area contributed by atoms with Crippen molar-refractivity contribution >= 4 is 5.91 Å². The molecule has 0 aromatic carbocycles. The smallest absolute Gasteiger partial charge is 0.223 e. The van der Waals surface area contributed by atoms with Gasteiger partial charge in [-0.3, -0.25) is 4.79 Å². The maximum absolute atomic E-state index is 12.3. The molecule has 0 aromatic heterocycles. The van der Waals surface area contributed by atoms with Crippen molar-refractivity contribution in [2.75, 3.05) is 6.54 Å². The Morgan fingerprint density at radius 1 is 1.05 bits per heavy atom. The van der Waals surface area contributed by atoms with E-state index >= 15 is 0 Å². The number of carbonyl (C=O) groups is 1. The monoisotopic (exact) mass is 273 g/mol. The molecule has 0 aromatic rings. The third-order valence-corrected chi connectivity index (χ3v) is 6.44. The second kappa shape index (κ2) is 4.89. The number of nitrogens with one attached hydrogen (secondary N) is 1. The largest absolute Gasteiger partial charge is 0.355 e. The van der Waals surface area contributed by atoms with Gasteiger partial charge in [0.1, 0.15) is 0 Å². The Bertz CT molecular complexity index is 390. The van der Waals surface area contributed by atoms with E-state index in [1.54, 1.807) is 0 Å². The Labute approximate surface area is 122 Å². The summed E-state index contributed by atoms with van der Waals surface area (Å²) in [6, 6.07) is 0. The van der Waals surface area contributed by atoms with Crippen molar-refractivity contribution in [3.05, 3.63) is 12.2 Å². The van der Waals surface area contributed by atoms with E-state index in [0.717, 1.165) is 43.6 Å². The van der Waals surface area contributed by atoms with E-state index in [-0.39, 0.29) is 5.92 Å². The van der Waals surface area contributed by atoms with Crippen LogP contribution in [0.3, 0.4) is 0 Å². The Kier molecular flexibility index (Phi) is 3.16. The minimum atomic E-state index is 0.244. The van der Waals surface area contributed by atoms with Crippen LogP contribution in [0.1, 0.15) is 57.8 Å². The Morgan fingerprint density at radius 2 is 1.70 bits per heavy atom. The van der Waals surface area contributed by atoms with E-state index in [1.807, 2.05) is 0 Å². The van der Waals surface area contributed by atoms with Gasteiger partial charge in [0.15, 0.2) is 0 Å². The number of carbonyl (C=O) groups excluding carboxylic acids is 1. The van der Waals surface area contributed by atoms with E-state index in [0.29, 0.717) is 11.3 Å². The van der Waals surface area contributed by atoms with Crippen LogP contribution in [0, 0.1) is 29.1 Å². The summed E-state index contributed by atoms with van der Waals surface area (Å²) >= 11 is 0. The van der Waals surface area contributed by atoms with E-state index in [1.165, 1.54) is 38.5 Å². The van der Waals surface area contributed by atoms with Crippen molar-refractivity contribution in [1.82, 2.24) is 5.32 Å². The lowest BCUT2D eigenvalue weighted by atomic mass is 9.49. The van der Waals surface area contributed by atoms with E-state index < -0.39 is 0 Å². The highest BCUT2D eigenvalue weighted by molar-refractivity contribution is 5.79. The van der Waals surface area contributed by atoms with E-state index in [2.05, 4.69) is 17.5 Å². The summed E-state index contributed by atoms with van der Waals surface area (Å²) in [7, 11) is 0. The molecular formula is C18H27NO. The first kappa shape index (κ1) is 12.9. The Hall–Kier alpha value is -0.790. The van der Waals surface area contributed by atoms with Crippen LogP contribution in [0.5, 0.6) is 0 Å². The molecule has 1 amide bonds. The van der Waals surface area contributed by atoms with Crippen molar-refractivity contribution in [1.29, 1.82) is 0 Å². The van der Waals surface area contributed by atoms with Crippen LogP contribution in [-0.4, -0.2) is 12.5 Å². The van der Waals surface area contributed by atoms with Crippen LogP contribution in [0.2, 0.25) is 0 Å². The van der Waals surface area contributed by atoms with Gasteiger partial charge in [0.25, 0.3) is 0 Å². The summed E-state index contributed by atoms with van der Waals surface area (Å²) in [5.74, 6) is 3.52. The van der Waals surface area contributed by atoms with E-state index in [4.69, 9.17) is 0 Å². The molecule has 0 spiro atoms. The zero-order chi connectivity index (χ0) is 13.6. The van der Waals surface area contributed by atoms with Crippen molar-refractivity contribution in [3.63, 3.8) is 0 Å². The predicted octanol–water partition coefficient (Wildman–Crippen LogP) is 3.68.